The fourth-order valence-corrected chi connectivity index (χ4v) is 3.87. The molecule has 0 saturated carbocycles. The Morgan fingerprint density at radius 2 is 1.78 bits per heavy atom. The molecule has 1 unspecified atom stereocenters. The van der Waals surface area contributed by atoms with Crippen molar-refractivity contribution in [3.63, 3.8) is 0 Å². The molecular weight excluding hydrogens is 404 g/mol. The Morgan fingerprint density at radius 1 is 1.03 bits per heavy atom. The van der Waals surface area contributed by atoms with Crippen LogP contribution in [0.4, 0.5) is 5.82 Å². The second-order valence-corrected chi connectivity index (χ2v) is 7.91. The van der Waals surface area contributed by atoms with Gasteiger partial charge in [-0.05, 0) is 41.3 Å². The highest BCUT2D eigenvalue weighted by atomic mass is 16.5. The van der Waals surface area contributed by atoms with Gasteiger partial charge >= 0.3 is 5.91 Å². The maximum atomic E-state index is 13.1. The molecule has 1 atom stereocenters. The SMILES string of the molecule is COc1cccc(C(O)=C2C(=O)C(=O)N(c3ccccn3)C2c2ccc(C(C)C)cc2)c1. The largest absolute Gasteiger partial charge is 0.507 e. The van der Waals surface area contributed by atoms with Gasteiger partial charge < -0.3 is 9.84 Å². The van der Waals surface area contributed by atoms with Crippen LogP contribution in [-0.2, 0) is 9.59 Å². The third-order valence-corrected chi connectivity index (χ3v) is 5.60. The minimum atomic E-state index is -0.808. The molecule has 1 N–H and O–H groups in total. The monoisotopic (exact) mass is 428 g/mol. The van der Waals surface area contributed by atoms with Crippen LogP contribution in [0.1, 0.15) is 42.5 Å². The van der Waals surface area contributed by atoms with Crippen molar-refractivity contribution < 1.29 is 19.4 Å². The number of carbonyl (C=O) groups is 2. The summed E-state index contributed by atoms with van der Waals surface area (Å²) in [6.07, 6.45) is 1.57. The first-order chi connectivity index (χ1) is 15.4. The number of pyridine rings is 1. The predicted molar refractivity (Wildman–Crippen MR) is 123 cm³/mol. The molecule has 0 aliphatic carbocycles. The molecule has 0 spiro atoms. The molecule has 0 bridgehead atoms. The number of aliphatic hydroxyl groups is 1. The zero-order chi connectivity index (χ0) is 22.8. The number of Topliss-reactive ketones (excluding diaryl/α,β-unsaturated/α-hetero) is 1. The van der Waals surface area contributed by atoms with Gasteiger partial charge in [-0.25, -0.2) is 4.98 Å². The highest BCUT2D eigenvalue weighted by molar-refractivity contribution is 6.51. The van der Waals surface area contributed by atoms with Crippen molar-refractivity contribution in [3.8, 4) is 5.75 Å². The van der Waals surface area contributed by atoms with Gasteiger partial charge in [-0.15, -0.1) is 0 Å². The number of ketones is 1. The Balaban J connectivity index is 1.92. The number of aliphatic hydroxyl groups excluding tert-OH is 1. The Bertz CT molecular complexity index is 1180. The van der Waals surface area contributed by atoms with Crippen LogP contribution in [0.3, 0.4) is 0 Å². The summed E-state index contributed by atoms with van der Waals surface area (Å²) in [7, 11) is 1.52. The molecule has 162 valence electrons. The van der Waals surface area contributed by atoms with Gasteiger partial charge in [0.2, 0.25) is 0 Å². The first-order valence-corrected chi connectivity index (χ1v) is 10.4. The van der Waals surface area contributed by atoms with Crippen LogP contribution in [0.5, 0.6) is 5.75 Å². The number of carbonyl (C=O) groups excluding carboxylic acids is 2. The number of hydrogen-bond acceptors (Lipinski definition) is 5. The van der Waals surface area contributed by atoms with Crippen molar-refractivity contribution in [2.75, 3.05) is 12.0 Å². The first-order valence-electron chi connectivity index (χ1n) is 10.4. The van der Waals surface area contributed by atoms with Crippen LogP contribution in [0.15, 0.2) is 78.5 Å². The quantitative estimate of drug-likeness (QED) is 0.357. The van der Waals surface area contributed by atoms with Crippen LogP contribution in [0.25, 0.3) is 5.76 Å². The Kier molecular flexibility index (Phi) is 5.77. The normalized spacial score (nSPS) is 17.8. The van der Waals surface area contributed by atoms with Crippen molar-refractivity contribution >= 4 is 23.3 Å². The summed E-state index contributed by atoms with van der Waals surface area (Å²) in [5.41, 5.74) is 2.26. The Morgan fingerprint density at radius 3 is 2.41 bits per heavy atom. The van der Waals surface area contributed by atoms with Gasteiger partial charge in [0.05, 0.1) is 18.7 Å². The number of anilines is 1. The van der Waals surface area contributed by atoms with E-state index in [2.05, 4.69) is 18.8 Å². The van der Waals surface area contributed by atoms with Gasteiger partial charge in [-0.3, -0.25) is 14.5 Å². The van der Waals surface area contributed by atoms with E-state index < -0.39 is 17.7 Å². The summed E-state index contributed by atoms with van der Waals surface area (Å²) in [6.45, 7) is 4.19. The molecule has 4 rings (SSSR count). The van der Waals surface area contributed by atoms with Crippen molar-refractivity contribution in [1.82, 2.24) is 4.98 Å². The molecule has 1 amide bonds. The minimum absolute atomic E-state index is 0.0196. The molecule has 6 heteroatoms. The summed E-state index contributed by atoms with van der Waals surface area (Å²) < 4.78 is 5.25. The molecule has 1 fully saturated rings. The smallest absolute Gasteiger partial charge is 0.301 e. The molecule has 1 aliphatic rings. The highest BCUT2D eigenvalue weighted by Gasteiger charge is 2.47. The molecule has 6 nitrogen and oxygen atoms in total. The van der Waals surface area contributed by atoms with Crippen LogP contribution >= 0.6 is 0 Å². The molecular formula is C26H24N2O4. The van der Waals surface area contributed by atoms with E-state index in [1.165, 1.54) is 12.0 Å². The number of amides is 1. The molecule has 2 heterocycles. The number of aromatic nitrogens is 1. The summed E-state index contributed by atoms with van der Waals surface area (Å²) in [5, 5.41) is 11.2. The van der Waals surface area contributed by atoms with Gasteiger partial charge in [0.15, 0.2) is 0 Å². The van der Waals surface area contributed by atoms with E-state index >= 15 is 0 Å². The van der Waals surface area contributed by atoms with Crippen molar-refractivity contribution in [2.45, 2.75) is 25.8 Å². The summed E-state index contributed by atoms with van der Waals surface area (Å²) >= 11 is 0. The molecule has 1 aromatic heterocycles. The maximum absolute atomic E-state index is 13.1. The summed E-state index contributed by atoms with van der Waals surface area (Å²) in [4.78, 5) is 31.9. The van der Waals surface area contributed by atoms with Gasteiger partial charge in [0.1, 0.15) is 17.3 Å². The molecule has 1 saturated heterocycles. The second-order valence-electron chi connectivity index (χ2n) is 7.91. The lowest BCUT2D eigenvalue weighted by atomic mass is 9.93. The van der Waals surface area contributed by atoms with Gasteiger partial charge in [-0.2, -0.15) is 0 Å². The van der Waals surface area contributed by atoms with Crippen LogP contribution in [0, 0.1) is 0 Å². The number of methoxy groups -OCH3 is 1. The van der Waals surface area contributed by atoms with Gasteiger partial charge in [0.25, 0.3) is 5.78 Å². The van der Waals surface area contributed by atoms with Crippen molar-refractivity contribution in [2.24, 2.45) is 0 Å². The Labute approximate surface area is 186 Å². The van der Waals surface area contributed by atoms with Gasteiger partial charge in [0, 0.05) is 11.8 Å². The molecule has 32 heavy (non-hydrogen) atoms. The van der Waals surface area contributed by atoms with E-state index in [1.807, 2.05) is 24.3 Å². The van der Waals surface area contributed by atoms with Gasteiger partial charge in [-0.1, -0.05) is 56.3 Å². The average Bonchev–Trinajstić information content (AvgIpc) is 3.09. The van der Waals surface area contributed by atoms with E-state index in [1.54, 1.807) is 48.7 Å². The third kappa shape index (κ3) is 3.75. The standard InChI is InChI=1S/C26H24N2O4/c1-16(2)17-10-12-18(13-11-17)23-22(24(29)19-7-6-8-20(15-19)32-3)25(30)26(31)28(23)21-9-4-5-14-27-21/h4-16,23,29H,1-3H3. The number of nitrogens with zero attached hydrogens (tertiary/aromatic N) is 2. The maximum Gasteiger partial charge on any atom is 0.301 e. The van der Waals surface area contributed by atoms with E-state index in [0.717, 1.165) is 5.56 Å². The lowest BCUT2D eigenvalue weighted by Crippen LogP contribution is -2.30. The number of ether oxygens (including phenoxy) is 1. The highest BCUT2D eigenvalue weighted by Crippen LogP contribution is 2.42. The second kappa shape index (κ2) is 8.67. The van der Waals surface area contributed by atoms with Crippen LogP contribution < -0.4 is 9.64 Å². The summed E-state index contributed by atoms with van der Waals surface area (Å²) in [5.74, 6) is -0.523. The zero-order valence-corrected chi connectivity index (χ0v) is 18.1. The number of benzene rings is 2. The van der Waals surface area contributed by atoms with E-state index in [-0.39, 0.29) is 11.3 Å². The van der Waals surface area contributed by atoms with Crippen molar-refractivity contribution in [1.29, 1.82) is 0 Å². The zero-order valence-electron chi connectivity index (χ0n) is 18.1. The van der Waals surface area contributed by atoms with Crippen LogP contribution in [-0.4, -0.2) is 28.9 Å². The average molecular weight is 428 g/mol. The molecule has 2 aromatic carbocycles. The van der Waals surface area contributed by atoms with E-state index in [4.69, 9.17) is 4.74 Å². The fourth-order valence-electron chi connectivity index (χ4n) is 3.87. The van der Waals surface area contributed by atoms with Crippen LogP contribution in [0.2, 0.25) is 0 Å². The Hall–Kier alpha value is -3.93. The first kappa shape index (κ1) is 21.3. The lowest BCUT2D eigenvalue weighted by molar-refractivity contribution is -0.132. The number of hydrogen-bond donors (Lipinski definition) is 1. The van der Waals surface area contributed by atoms with E-state index in [0.29, 0.717) is 28.6 Å². The topological polar surface area (TPSA) is 79.7 Å². The minimum Gasteiger partial charge on any atom is -0.507 e. The molecule has 1 aliphatic heterocycles. The predicted octanol–water partition coefficient (Wildman–Crippen LogP) is 4.84. The summed E-state index contributed by atoms with van der Waals surface area (Å²) in [6, 6.07) is 18.8. The molecule has 3 aromatic rings. The fraction of sp³-hybridized carbons (Fsp3) is 0.192. The lowest BCUT2D eigenvalue weighted by Gasteiger charge is -2.24. The number of rotatable bonds is 5. The van der Waals surface area contributed by atoms with E-state index in [9.17, 15) is 14.7 Å². The molecule has 0 radical (unpaired) electrons. The van der Waals surface area contributed by atoms with Crippen molar-refractivity contribution in [3.05, 3.63) is 95.2 Å². The third-order valence-electron chi connectivity index (χ3n) is 5.60.